The summed E-state index contributed by atoms with van der Waals surface area (Å²) >= 11 is 0. The van der Waals surface area contributed by atoms with Crippen molar-refractivity contribution in [2.45, 2.75) is 24.2 Å². The van der Waals surface area contributed by atoms with Gasteiger partial charge in [-0.3, -0.25) is 14.5 Å². The van der Waals surface area contributed by atoms with Gasteiger partial charge < -0.3 is 5.32 Å². The highest BCUT2D eigenvalue weighted by Crippen LogP contribution is 2.48. The Hall–Kier alpha value is -3.85. The van der Waals surface area contributed by atoms with Gasteiger partial charge >= 0.3 is 0 Å². The molecule has 5 rings (SSSR count). The van der Waals surface area contributed by atoms with Crippen LogP contribution >= 0.6 is 0 Å². The van der Waals surface area contributed by atoms with E-state index < -0.39 is 10.0 Å². The molecule has 33 heavy (non-hydrogen) atoms. The van der Waals surface area contributed by atoms with Crippen molar-refractivity contribution in [3.8, 4) is 0 Å². The Bertz CT molecular complexity index is 1440. The lowest BCUT2D eigenvalue weighted by Crippen LogP contribution is -2.15. The number of carbonyl (C=O) groups is 1. The lowest BCUT2D eigenvalue weighted by Gasteiger charge is -2.09. The molecule has 2 aromatic carbocycles. The maximum Gasteiger partial charge on any atom is 0.263 e. The summed E-state index contributed by atoms with van der Waals surface area (Å²) in [5.41, 5.74) is 2.75. The first-order chi connectivity index (χ1) is 15.9. The number of anilines is 2. The minimum Gasteiger partial charge on any atom is -0.326 e. The van der Waals surface area contributed by atoms with Crippen LogP contribution in [-0.2, 0) is 14.8 Å². The summed E-state index contributed by atoms with van der Waals surface area (Å²) in [6, 6.07) is 15.5. The third kappa shape index (κ3) is 4.40. The molecule has 0 aliphatic heterocycles. The number of hydrogen-bond donors (Lipinski definition) is 2. The highest BCUT2D eigenvalue weighted by Gasteiger charge is 2.44. The van der Waals surface area contributed by atoms with E-state index in [1.54, 1.807) is 42.7 Å². The molecule has 1 aliphatic carbocycles. The fourth-order valence-electron chi connectivity index (χ4n) is 3.92. The predicted octanol–water partition coefficient (Wildman–Crippen LogP) is 3.88. The summed E-state index contributed by atoms with van der Waals surface area (Å²) in [6.45, 7) is 1.99. The molecule has 4 aromatic rings. The summed E-state index contributed by atoms with van der Waals surface area (Å²) in [5.74, 6) is 0.0493. The van der Waals surface area contributed by atoms with E-state index in [1.807, 2.05) is 25.1 Å². The number of nitrogens with zero attached hydrogens (tertiary/aromatic N) is 3. The normalized spacial score (nSPS) is 17.5. The second-order valence-corrected chi connectivity index (χ2v) is 9.80. The molecule has 0 radical (unpaired) electrons. The van der Waals surface area contributed by atoms with Crippen molar-refractivity contribution in [2.75, 3.05) is 10.0 Å². The molecule has 1 aliphatic rings. The molecule has 1 fully saturated rings. The van der Waals surface area contributed by atoms with Gasteiger partial charge in [0.15, 0.2) is 5.82 Å². The van der Waals surface area contributed by atoms with Crippen LogP contribution in [0.3, 0.4) is 0 Å². The number of rotatable bonds is 6. The van der Waals surface area contributed by atoms with Gasteiger partial charge in [-0.1, -0.05) is 18.2 Å². The number of carbonyl (C=O) groups excluding carboxylic acids is 1. The third-order valence-electron chi connectivity index (χ3n) is 5.78. The van der Waals surface area contributed by atoms with E-state index in [2.05, 4.69) is 25.2 Å². The topological polar surface area (TPSA) is 114 Å². The number of aromatic nitrogens is 3. The largest absolute Gasteiger partial charge is 0.326 e. The van der Waals surface area contributed by atoms with E-state index in [0.717, 1.165) is 34.0 Å². The first-order valence-electron chi connectivity index (χ1n) is 10.5. The highest BCUT2D eigenvalue weighted by molar-refractivity contribution is 7.92. The van der Waals surface area contributed by atoms with Crippen molar-refractivity contribution < 1.29 is 13.2 Å². The zero-order valence-electron chi connectivity index (χ0n) is 17.8. The predicted molar refractivity (Wildman–Crippen MR) is 125 cm³/mol. The number of hydrogen-bond acceptors (Lipinski definition) is 6. The lowest BCUT2D eigenvalue weighted by molar-refractivity contribution is -0.117. The van der Waals surface area contributed by atoms with E-state index in [-0.39, 0.29) is 28.5 Å². The standard InChI is InChI=1S/C24H21N5O3S/c1-15-13-25-14-17-4-7-18(11-20(15)17)27-24(30)22-12-21(22)16-5-8-19(9-6-16)33(31,32)29-23-3-2-10-26-28-23/h2-11,13-14,21-22H,12H2,1H3,(H,27,30)(H,28,29)/t21?,22-/m1/s1. The van der Waals surface area contributed by atoms with Crippen LogP contribution in [0.5, 0.6) is 0 Å². The zero-order chi connectivity index (χ0) is 23.0. The smallest absolute Gasteiger partial charge is 0.263 e. The van der Waals surface area contributed by atoms with Gasteiger partial charge in [0.05, 0.1) is 4.90 Å². The first kappa shape index (κ1) is 21.0. The average molecular weight is 460 g/mol. The molecule has 2 heterocycles. The number of aryl methyl sites for hydroxylation is 1. The molecule has 2 N–H and O–H groups in total. The Kier molecular flexibility index (Phi) is 5.26. The van der Waals surface area contributed by atoms with Gasteiger partial charge in [0.25, 0.3) is 10.0 Å². The van der Waals surface area contributed by atoms with Crippen LogP contribution < -0.4 is 10.0 Å². The van der Waals surface area contributed by atoms with Crippen LogP contribution in [-0.4, -0.2) is 29.5 Å². The minimum atomic E-state index is -3.76. The molecule has 0 bridgehead atoms. The zero-order valence-corrected chi connectivity index (χ0v) is 18.6. The van der Waals surface area contributed by atoms with Crippen LogP contribution in [0.2, 0.25) is 0 Å². The molecule has 1 saturated carbocycles. The van der Waals surface area contributed by atoms with Crippen LogP contribution in [0, 0.1) is 12.8 Å². The first-order valence-corrected chi connectivity index (χ1v) is 11.9. The van der Waals surface area contributed by atoms with Gasteiger partial charge in [-0.15, -0.1) is 5.10 Å². The Morgan fingerprint density at radius 3 is 2.64 bits per heavy atom. The van der Waals surface area contributed by atoms with Gasteiger partial charge in [-0.25, -0.2) is 8.42 Å². The fourth-order valence-corrected chi connectivity index (χ4v) is 4.92. The Labute approximate surface area is 191 Å². The molecule has 1 amide bonds. The number of benzene rings is 2. The van der Waals surface area contributed by atoms with E-state index in [9.17, 15) is 13.2 Å². The summed E-state index contributed by atoms with van der Waals surface area (Å²) in [7, 11) is -3.76. The van der Waals surface area contributed by atoms with Crippen LogP contribution in [0.1, 0.15) is 23.5 Å². The molecule has 0 spiro atoms. The Balaban J connectivity index is 1.25. The van der Waals surface area contributed by atoms with Gasteiger partial charge in [0, 0.05) is 35.6 Å². The number of nitrogens with one attached hydrogen (secondary N) is 2. The van der Waals surface area contributed by atoms with Gasteiger partial charge in [-0.05, 0) is 72.2 Å². The molecule has 2 atom stereocenters. The number of fused-ring (bicyclic) bond motifs is 1. The Morgan fingerprint density at radius 2 is 1.88 bits per heavy atom. The van der Waals surface area contributed by atoms with E-state index in [0.29, 0.717) is 0 Å². The summed E-state index contributed by atoms with van der Waals surface area (Å²) < 4.78 is 27.5. The molecule has 1 unspecified atom stereocenters. The number of pyridine rings is 1. The molecule has 2 aromatic heterocycles. The molecule has 8 nitrogen and oxygen atoms in total. The number of sulfonamides is 1. The Morgan fingerprint density at radius 1 is 1.06 bits per heavy atom. The van der Waals surface area contributed by atoms with Crippen molar-refractivity contribution in [3.63, 3.8) is 0 Å². The second kappa shape index (κ2) is 8.25. The monoisotopic (exact) mass is 459 g/mol. The molecule has 0 saturated heterocycles. The maximum atomic E-state index is 12.8. The maximum absolute atomic E-state index is 12.8. The van der Waals surface area contributed by atoms with Crippen molar-refractivity contribution in [2.24, 2.45) is 5.92 Å². The lowest BCUT2D eigenvalue weighted by atomic mass is 10.1. The molecular formula is C24H21N5O3S. The summed E-state index contributed by atoms with van der Waals surface area (Å²) in [6.07, 6.45) is 5.80. The van der Waals surface area contributed by atoms with Crippen LogP contribution in [0.25, 0.3) is 10.8 Å². The van der Waals surface area contributed by atoms with Crippen LogP contribution in [0.15, 0.2) is 78.1 Å². The highest BCUT2D eigenvalue weighted by atomic mass is 32.2. The number of amides is 1. The quantitative estimate of drug-likeness (QED) is 0.452. The van der Waals surface area contributed by atoms with Crippen molar-refractivity contribution >= 4 is 38.2 Å². The second-order valence-electron chi connectivity index (χ2n) is 8.11. The fraction of sp³-hybridized carbons (Fsp3) is 0.167. The van der Waals surface area contributed by atoms with Crippen LogP contribution in [0.4, 0.5) is 11.5 Å². The van der Waals surface area contributed by atoms with E-state index >= 15 is 0 Å². The molecular weight excluding hydrogens is 438 g/mol. The van der Waals surface area contributed by atoms with Crippen molar-refractivity contribution in [1.82, 2.24) is 15.2 Å². The SMILES string of the molecule is Cc1cncc2ccc(NC(=O)[C@@H]3CC3c3ccc(S(=O)(=O)Nc4cccnn4)cc3)cc12. The summed E-state index contributed by atoms with van der Waals surface area (Å²) in [5, 5.41) is 12.5. The molecule has 9 heteroatoms. The average Bonchev–Trinajstić information content (AvgIpc) is 3.61. The van der Waals surface area contributed by atoms with Gasteiger partial charge in [0.2, 0.25) is 5.91 Å². The third-order valence-corrected chi connectivity index (χ3v) is 7.16. The van der Waals surface area contributed by atoms with E-state index in [4.69, 9.17) is 0 Å². The van der Waals surface area contributed by atoms with Gasteiger partial charge in [-0.2, -0.15) is 5.10 Å². The van der Waals surface area contributed by atoms with Crippen molar-refractivity contribution in [3.05, 3.63) is 84.3 Å². The molecule has 166 valence electrons. The van der Waals surface area contributed by atoms with Gasteiger partial charge in [0.1, 0.15) is 0 Å². The van der Waals surface area contributed by atoms with Crippen molar-refractivity contribution in [1.29, 1.82) is 0 Å². The minimum absolute atomic E-state index is 0.0351. The summed E-state index contributed by atoms with van der Waals surface area (Å²) in [4.78, 5) is 17.1. The van der Waals surface area contributed by atoms with E-state index in [1.165, 1.54) is 12.3 Å².